The number of nitrogens with one attached hydrogen (secondary N) is 1. The highest BCUT2D eigenvalue weighted by molar-refractivity contribution is 6.31. The molecule has 0 fully saturated rings. The molecule has 0 bridgehead atoms. The largest absolute Gasteiger partial charge is 0.382 e. The molecule has 0 spiro atoms. The molecule has 16 heavy (non-hydrogen) atoms. The second-order valence-corrected chi connectivity index (χ2v) is 4.39. The summed E-state index contributed by atoms with van der Waals surface area (Å²) in [6.45, 7) is 2.08. The fraction of sp³-hybridized carbons (Fsp3) is 0.538. The van der Waals surface area contributed by atoms with Crippen molar-refractivity contribution in [2.75, 3.05) is 14.2 Å². The standard InChI is InChI=1S/C13H20ClNO/c1-10(16-3)8-9-13(15-2)11-6-4-5-7-12(11)14/h4-7,10,13,15H,8-9H2,1-3H3. The van der Waals surface area contributed by atoms with Crippen LogP contribution in [-0.2, 0) is 4.74 Å². The van der Waals surface area contributed by atoms with Gasteiger partial charge in [-0.3, -0.25) is 0 Å². The molecule has 0 aliphatic heterocycles. The Bertz CT molecular complexity index is 317. The number of benzene rings is 1. The van der Waals surface area contributed by atoms with Gasteiger partial charge in [-0.2, -0.15) is 0 Å². The molecule has 0 saturated carbocycles. The lowest BCUT2D eigenvalue weighted by Crippen LogP contribution is -2.19. The minimum atomic E-state index is 0.290. The van der Waals surface area contributed by atoms with Gasteiger partial charge in [0, 0.05) is 18.2 Å². The second kappa shape index (κ2) is 6.89. The molecule has 0 amide bonds. The molecule has 2 unspecified atom stereocenters. The van der Waals surface area contributed by atoms with Crippen molar-refractivity contribution in [3.8, 4) is 0 Å². The molecule has 0 saturated heterocycles. The van der Waals surface area contributed by atoms with Crippen LogP contribution in [0.1, 0.15) is 31.4 Å². The van der Waals surface area contributed by atoms with Gasteiger partial charge in [-0.25, -0.2) is 0 Å². The van der Waals surface area contributed by atoms with E-state index in [2.05, 4.69) is 18.3 Å². The van der Waals surface area contributed by atoms with Crippen molar-refractivity contribution in [1.82, 2.24) is 5.32 Å². The average Bonchev–Trinajstić information content (AvgIpc) is 2.31. The van der Waals surface area contributed by atoms with E-state index in [1.807, 2.05) is 25.2 Å². The zero-order valence-electron chi connectivity index (χ0n) is 10.2. The Hall–Kier alpha value is -0.570. The van der Waals surface area contributed by atoms with Crippen molar-refractivity contribution in [2.45, 2.75) is 31.9 Å². The molecular formula is C13H20ClNO. The van der Waals surface area contributed by atoms with Gasteiger partial charge >= 0.3 is 0 Å². The number of halogens is 1. The van der Waals surface area contributed by atoms with Crippen LogP contribution in [0.3, 0.4) is 0 Å². The minimum absolute atomic E-state index is 0.290. The monoisotopic (exact) mass is 241 g/mol. The molecule has 0 aliphatic carbocycles. The van der Waals surface area contributed by atoms with Crippen LogP contribution in [0.15, 0.2) is 24.3 Å². The van der Waals surface area contributed by atoms with Crippen molar-refractivity contribution in [3.05, 3.63) is 34.9 Å². The van der Waals surface area contributed by atoms with Gasteiger partial charge in [0.25, 0.3) is 0 Å². The first-order valence-corrected chi connectivity index (χ1v) is 6.01. The van der Waals surface area contributed by atoms with E-state index < -0.39 is 0 Å². The average molecular weight is 242 g/mol. The summed E-state index contributed by atoms with van der Waals surface area (Å²) in [4.78, 5) is 0. The maximum absolute atomic E-state index is 6.18. The molecule has 3 heteroatoms. The van der Waals surface area contributed by atoms with Crippen LogP contribution in [0.25, 0.3) is 0 Å². The highest BCUT2D eigenvalue weighted by Crippen LogP contribution is 2.26. The molecule has 1 N–H and O–H groups in total. The van der Waals surface area contributed by atoms with Crippen LogP contribution in [0.2, 0.25) is 5.02 Å². The van der Waals surface area contributed by atoms with Crippen molar-refractivity contribution in [3.63, 3.8) is 0 Å². The van der Waals surface area contributed by atoms with Gasteiger partial charge in [0.1, 0.15) is 0 Å². The normalized spacial score (nSPS) is 14.8. The second-order valence-electron chi connectivity index (χ2n) is 3.99. The summed E-state index contributed by atoms with van der Waals surface area (Å²) in [5.41, 5.74) is 1.16. The Kier molecular flexibility index (Phi) is 5.81. The van der Waals surface area contributed by atoms with Gasteiger partial charge in [0.15, 0.2) is 0 Å². The molecule has 0 heterocycles. The van der Waals surface area contributed by atoms with Crippen molar-refractivity contribution < 1.29 is 4.74 Å². The van der Waals surface area contributed by atoms with Gasteiger partial charge in [0.05, 0.1) is 6.10 Å². The quantitative estimate of drug-likeness (QED) is 0.824. The Morgan fingerprint density at radius 2 is 2.00 bits per heavy atom. The maximum atomic E-state index is 6.18. The lowest BCUT2D eigenvalue weighted by Gasteiger charge is -2.19. The van der Waals surface area contributed by atoms with E-state index in [4.69, 9.17) is 16.3 Å². The summed E-state index contributed by atoms with van der Waals surface area (Å²) >= 11 is 6.18. The third kappa shape index (κ3) is 3.78. The van der Waals surface area contributed by atoms with Crippen molar-refractivity contribution in [2.24, 2.45) is 0 Å². The number of ether oxygens (including phenoxy) is 1. The molecule has 0 aromatic heterocycles. The van der Waals surface area contributed by atoms with Crippen LogP contribution < -0.4 is 5.32 Å². The molecule has 2 atom stereocenters. The summed E-state index contributed by atoms with van der Waals surface area (Å²) in [7, 11) is 3.71. The predicted molar refractivity (Wildman–Crippen MR) is 69.0 cm³/mol. The lowest BCUT2D eigenvalue weighted by atomic mass is 10.0. The maximum Gasteiger partial charge on any atom is 0.0543 e. The first-order valence-electron chi connectivity index (χ1n) is 5.63. The van der Waals surface area contributed by atoms with Crippen LogP contribution in [0.4, 0.5) is 0 Å². The van der Waals surface area contributed by atoms with Crippen LogP contribution in [0.5, 0.6) is 0 Å². The Labute approximate surface area is 103 Å². The first-order chi connectivity index (χ1) is 7.69. The summed E-state index contributed by atoms with van der Waals surface area (Å²) in [6.07, 6.45) is 2.33. The topological polar surface area (TPSA) is 21.3 Å². The van der Waals surface area contributed by atoms with E-state index in [9.17, 15) is 0 Å². The highest BCUT2D eigenvalue weighted by Gasteiger charge is 2.13. The smallest absolute Gasteiger partial charge is 0.0543 e. The number of methoxy groups -OCH3 is 1. The zero-order valence-corrected chi connectivity index (χ0v) is 10.9. The van der Waals surface area contributed by atoms with Gasteiger partial charge in [-0.1, -0.05) is 29.8 Å². The Morgan fingerprint density at radius 3 is 2.56 bits per heavy atom. The molecule has 90 valence electrons. The van der Waals surface area contributed by atoms with Crippen molar-refractivity contribution in [1.29, 1.82) is 0 Å². The summed E-state index contributed by atoms with van der Waals surface area (Å²) < 4.78 is 5.25. The van der Waals surface area contributed by atoms with Gasteiger partial charge < -0.3 is 10.1 Å². The van der Waals surface area contributed by atoms with Gasteiger partial charge in [-0.05, 0) is 38.4 Å². The fourth-order valence-electron chi connectivity index (χ4n) is 1.73. The first kappa shape index (κ1) is 13.5. The summed E-state index contributed by atoms with van der Waals surface area (Å²) in [6, 6.07) is 8.27. The van der Waals surface area contributed by atoms with E-state index in [1.54, 1.807) is 7.11 Å². The lowest BCUT2D eigenvalue weighted by molar-refractivity contribution is 0.106. The van der Waals surface area contributed by atoms with Gasteiger partial charge in [0.2, 0.25) is 0 Å². The van der Waals surface area contributed by atoms with E-state index in [1.165, 1.54) is 0 Å². The molecule has 1 aromatic carbocycles. The Morgan fingerprint density at radius 1 is 1.31 bits per heavy atom. The van der Waals surface area contributed by atoms with Crippen molar-refractivity contribution >= 4 is 11.6 Å². The van der Waals surface area contributed by atoms with Gasteiger partial charge in [-0.15, -0.1) is 0 Å². The number of hydrogen-bond donors (Lipinski definition) is 1. The van der Waals surface area contributed by atoms with E-state index in [-0.39, 0.29) is 0 Å². The Balaban J connectivity index is 2.64. The van der Waals surface area contributed by atoms with Crippen LogP contribution in [0, 0.1) is 0 Å². The predicted octanol–water partition coefficient (Wildman–Crippen LogP) is 3.42. The molecule has 1 rings (SSSR count). The number of hydrogen-bond acceptors (Lipinski definition) is 2. The summed E-state index contributed by atoms with van der Waals surface area (Å²) in [5, 5.41) is 4.12. The molecular weight excluding hydrogens is 222 g/mol. The van der Waals surface area contributed by atoms with E-state index in [0.717, 1.165) is 23.4 Å². The fourth-order valence-corrected chi connectivity index (χ4v) is 2.00. The van der Waals surface area contributed by atoms with Crippen LogP contribution in [-0.4, -0.2) is 20.3 Å². The van der Waals surface area contributed by atoms with E-state index in [0.29, 0.717) is 12.1 Å². The molecule has 1 aromatic rings. The summed E-state index contributed by atoms with van der Waals surface area (Å²) in [5.74, 6) is 0. The third-order valence-electron chi connectivity index (χ3n) is 2.89. The third-order valence-corrected chi connectivity index (χ3v) is 3.24. The zero-order chi connectivity index (χ0) is 12.0. The van der Waals surface area contributed by atoms with E-state index >= 15 is 0 Å². The number of rotatable bonds is 6. The van der Waals surface area contributed by atoms with Crippen LogP contribution >= 0.6 is 11.6 Å². The molecule has 2 nitrogen and oxygen atoms in total. The minimum Gasteiger partial charge on any atom is -0.382 e. The highest BCUT2D eigenvalue weighted by atomic mass is 35.5. The molecule has 0 radical (unpaired) electrons. The SMILES string of the molecule is CNC(CCC(C)OC)c1ccccc1Cl. The molecule has 0 aliphatic rings.